The molecular formula is C16H18N2O5S2. The van der Waals surface area contributed by atoms with E-state index in [2.05, 4.69) is 0 Å². The van der Waals surface area contributed by atoms with E-state index in [9.17, 15) is 16.8 Å². The van der Waals surface area contributed by atoms with Crippen LogP contribution in [0.3, 0.4) is 0 Å². The number of fused-ring (bicyclic) bond motifs is 1. The van der Waals surface area contributed by atoms with E-state index >= 15 is 0 Å². The van der Waals surface area contributed by atoms with Gasteiger partial charge in [-0.3, -0.25) is 4.31 Å². The standard InChI is InChI=1S/C16H18N2O5S2/c1-23-13-7-8-16-12(10-13)4-3-9-18(16)25(21,22)15-6-2-5-14(11-15)24(17,19)20/h2,5-8,10-11H,3-4,9H2,1H3,(H2,17,19,20). The minimum Gasteiger partial charge on any atom is -0.497 e. The number of methoxy groups -OCH3 is 1. The number of rotatable bonds is 4. The van der Waals surface area contributed by atoms with Crippen molar-refractivity contribution in [2.45, 2.75) is 22.6 Å². The number of sulfonamides is 2. The Hall–Kier alpha value is -2.10. The Balaban J connectivity index is 2.08. The van der Waals surface area contributed by atoms with Crippen molar-refractivity contribution in [1.29, 1.82) is 0 Å². The first-order valence-corrected chi connectivity index (χ1v) is 10.5. The minimum absolute atomic E-state index is 0.109. The van der Waals surface area contributed by atoms with E-state index < -0.39 is 20.0 Å². The molecule has 9 heteroatoms. The zero-order chi connectivity index (χ0) is 18.2. The molecule has 7 nitrogen and oxygen atoms in total. The summed E-state index contributed by atoms with van der Waals surface area (Å²) in [6.07, 6.45) is 1.41. The van der Waals surface area contributed by atoms with Crippen molar-refractivity contribution in [1.82, 2.24) is 0 Å². The molecule has 2 aromatic rings. The van der Waals surface area contributed by atoms with Crippen LogP contribution < -0.4 is 14.2 Å². The molecule has 0 amide bonds. The van der Waals surface area contributed by atoms with Crippen LogP contribution in [0.1, 0.15) is 12.0 Å². The van der Waals surface area contributed by atoms with E-state index in [1.54, 1.807) is 19.2 Å². The molecule has 0 saturated carbocycles. The molecule has 1 aliphatic rings. The van der Waals surface area contributed by atoms with Gasteiger partial charge in [0, 0.05) is 6.54 Å². The maximum atomic E-state index is 13.0. The third-order valence-corrected chi connectivity index (χ3v) is 6.80. The SMILES string of the molecule is COc1ccc2c(c1)CCCN2S(=O)(=O)c1cccc(S(N)(=O)=O)c1. The van der Waals surface area contributed by atoms with Crippen molar-refractivity contribution >= 4 is 25.7 Å². The fourth-order valence-electron chi connectivity index (χ4n) is 2.85. The van der Waals surface area contributed by atoms with Crippen molar-refractivity contribution in [2.75, 3.05) is 18.0 Å². The van der Waals surface area contributed by atoms with Gasteiger partial charge in [0.05, 0.1) is 22.6 Å². The molecule has 0 spiro atoms. The van der Waals surface area contributed by atoms with Gasteiger partial charge < -0.3 is 4.74 Å². The van der Waals surface area contributed by atoms with Gasteiger partial charge in [-0.15, -0.1) is 0 Å². The molecule has 0 saturated heterocycles. The van der Waals surface area contributed by atoms with E-state index in [4.69, 9.17) is 9.88 Å². The Morgan fingerprint density at radius 3 is 2.44 bits per heavy atom. The number of primary sulfonamides is 1. The first kappa shape index (κ1) is 17.7. The van der Waals surface area contributed by atoms with Crippen molar-refractivity contribution in [2.24, 2.45) is 5.14 Å². The van der Waals surface area contributed by atoms with Gasteiger partial charge >= 0.3 is 0 Å². The lowest BCUT2D eigenvalue weighted by Gasteiger charge is -2.30. The number of hydrogen-bond acceptors (Lipinski definition) is 5. The van der Waals surface area contributed by atoms with E-state index in [0.717, 1.165) is 18.1 Å². The second kappa shape index (κ2) is 6.32. The zero-order valence-electron chi connectivity index (χ0n) is 13.5. The normalized spacial score (nSPS) is 14.9. The highest BCUT2D eigenvalue weighted by atomic mass is 32.2. The lowest BCUT2D eigenvalue weighted by atomic mass is 10.0. The fraction of sp³-hybridized carbons (Fsp3) is 0.250. The summed E-state index contributed by atoms with van der Waals surface area (Å²) in [7, 11) is -6.34. The third-order valence-electron chi connectivity index (χ3n) is 4.08. The molecule has 2 aromatic carbocycles. The molecule has 3 rings (SSSR count). The van der Waals surface area contributed by atoms with E-state index in [-0.39, 0.29) is 9.79 Å². The van der Waals surface area contributed by atoms with Crippen LogP contribution in [0.25, 0.3) is 0 Å². The highest BCUT2D eigenvalue weighted by molar-refractivity contribution is 7.93. The molecular weight excluding hydrogens is 364 g/mol. The molecule has 0 fully saturated rings. The van der Waals surface area contributed by atoms with Crippen molar-refractivity contribution in [3.8, 4) is 5.75 Å². The summed E-state index contributed by atoms with van der Waals surface area (Å²) < 4.78 is 55.6. The zero-order valence-corrected chi connectivity index (χ0v) is 15.2. The van der Waals surface area contributed by atoms with Crippen LogP contribution >= 0.6 is 0 Å². The number of aryl methyl sites for hydroxylation is 1. The summed E-state index contributed by atoms with van der Waals surface area (Å²) in [6, 6.07) is 10.3. The molecule has 134 valence electrons. The Bertz CT molecular complexity index is 1020. The van der Waals surface area contributed by atoms with Crippen LogP contribution in [0, 0.1) is 0 Å². The quantitative estimate of drug-likeness (QED) is 0.862. The van der Waals surface area contributed by atoms with Gasteiger partial charge in [-0.05, 0) is 54.8 Å². The second-order valence-corrected chi connectivity index (χ2v) is 9.12. The lowest BCUT2D eigenvalue weighted by Crippen LogP contribution is -2.35. The molecule has 1 aliphatic heterocycles. The summed E-state index contributed by atoms with van der Waals surface area (Å²) in [5, 5.41) is 5.11. The Morgan fingerprint density at radius 2 is 1.76 bits per heavy atom. The summed E-state index contributed by atoms with van der Waals surface area (Å²) in [4.78, 5) is -0.344. The predicted molar refractivity (Wildman–Crippen MR) is 93.7 cm³/mol. The van der Waals surface area contributed by atoms with Crippen LogP contribution in [-0.4, -0.2) is 30.5 Å². The molecule has 0 bridgehead atoms. The topological polar surface area (TPSA) is 107 Å². The highest BCUT2D eigenvalue weighted by Gasteiger charge is 2.30. The third kappa shape index (κ3) is 3.35. The van der Waals surface area contributed by atoms with Crippen LogP contribution in [0.4, 0.5) is 5.69 Å². The molecule has 1 heterocycles. The first-order chi connectivity index (χ1) is 11.7. The van der Waals surface area contributed by atoms with Gasteiger partial charge in [-0.2, -0.15) is 0 Å². The van der Waals surface area contributed by atoms with Crippen molar-refractivity contribution in [3.05, 3.63) is 48.0 Å². The van der Waals surface area contributed by atoms with Gasteiger partial charge in [0.2, 0.25) is 10.0 Å². The van der Waals surface area contributed by atoms with Gasteiger partial charge in [0.1, 0.15) is 5.75 Å². The Kier molecular flexibility index (Phi) is 4.48. The van der Waals surface area contributed by atoms with Gasteiger partial charge in [0.15, 0.2) is 0 Å². The molecule has 0 aromatic heterocycles. The largest absolute Gasteiger partial charge is 0.497 e. The molecule has 25 heavy (non-hydrogen) atoms. The summed E-state index contributed by atoms with van der Waals surface area (Å²) in [6.45, 7) is 0.321. The predicted octanol–water partition coefficient (Wildman–Crippen LogP) is 1.48. The van der Waals surface area contributed by atoms with Crippen LogP contribution in [0.5, 0.6) is 5.75 Å². The number of anilines is 1. The number of ether oxygens (including phenoxy) is 1. The second-order valence-electron chi connectivity index (χ2n) is 5.70. The monoisotopic (exact) mass is 382 g/mol. The van der Waals surface area contributed by atoms with E-state index in [1.165, 1.54) is 22.5 Å². The minimum atomic E-state index is -3.99. The van der Waals surface area contributed by atoms with E-state index in [1.807, 2.05) is 6.07 Å². The average Bonchev–Trinajstić information content (AvgIpc) is 2.60. The summed E-state index contributed by atoms with van der Waals surface area (Å²) >= 11 is 0. The number of benzene rings is 2. The van der Waals surface area contributed by atoms with Crippen LogP contribution in [-0.2, 0) is 26.5 Å². The summed E-state index contributed by atoms with van der Waals surface area (Å²) in [5.74, 6) is 0.661. The van der Waals surface area contributed by atoms with Crippen LogP contribution in [0.2, 0.25) is 0 Å². The number of nitrogens with zero attached hydrogens (tertiary/aromatic N) is 1. The Morgan fingerprint density at radius 1 is 1.04 bits per heavy atom. The van der Waals surface area contributed by atoms with Crippen molar-refractivity contribution in [3.63, 3.8) is 0 Å². The maximum Gasteiger partial charge on any atom is 0.264 e. The smallest absolute Gasteiger partial charge is 0.264 e. The lowest BCUT2D eigenvalue weighted by molar-refractivity contribution is 0.414. The molecule has 0 aliphatic carbocycles. The maximum absolute atomic E-state index is 13.0. The highest BCUT2D eigenvalue weighted by Crippen LogP contribution is 2.34. The summed E-state index contributed by atoms with van der Waals surface area (Å²) in [5.41, 5.74) is 1.45. The number of nitrogens with two attached hydrogens (primary N) is 1. The molecule has 0 unspecified atom stereocenters. The first-order valence-electron chi connectivity index (χ1n) is 7.56. The van der Waals surface area contributed by atoms with Crippen LogP contribution in [0.15, 0.2) is 52.3 Å². The van der Waals surface area contributed by atoms with Gasteiger partial charge in [0.25, 0.3) is 10.0 Å². The molecule has 0 radical (unpaired) electrons. The number of hydrogen-bond donors (Lipinski definition) is 1. The molecule has 0 atom stereocenters. The molecule has 2 N–H and O–H groups in total. The fourth-order valence-corrected chi connectivity index (χ4v) is 5.08. The Labute approximate surface area is 147 Å². The van der Waals surface area contributed by atoms with E-state index in [0.29, 0.717) is 24.4 Å². The van der Waals surface area contributed by atoms with Crippen molar-refractivity contribution < 1.29 is 21.6 Å². The van der Waals surface area contributed by atoms with Gasteiger partial charge in [-0.1, -0.05) is 6.07 Å². The van der Waals surface area contributed by atoms with Gasteiger partial charge in [-0.25, -0.2) is 22.0 Å². The average molecular weight is 382 g/mol.